The summed E-state index contributed by atoms with van der Waals surface area (Å²) in [4.78, 5) is 3.51. The van der Waals surface area contributed by atoms with Crippen molar-refractivity contribution in [1.29, 1.82) is 0 Å². The third-order valence-electron chi connectivity index (χ3n) is 3.76. The quantitative estimate of drug-likeness (QED) is 0.610. The summed E-state index contributed by atoms with van der Waals surface area (Å²) < 4.78 is 0. The number of H-pyrrole nitrogens is 2. The van der Waals surface area contributed by atoms with Crippen molar-refractivity contribution in [2.45, 2.75) is 19.3 Å². The van der Waals surface area contributed by atoms with Gasteiger partial charge in [0.15, 0.2) is 0 Å². The fraction of sp³-hybridized carbons (Fsp3) is 0.214. The van der Waals surface area contributed by atoms with Crippen LogP contribution in [0.25, 0.3) is 22.2 Å². The van der Waals surface area contributed by atoms with Crippen molar-refractivity contribution in [2.75, 3.05) is 5.73 Å². The number of nitrogens with zero attached hydrogens (tertiary/aromatic N) is 1. The van der Waals surface area contributed by atoms with Crippen LogP contribution in [0, 0.1) is 0 Å². The van der Waals surface area contributed by atoms with Gasteiger partial charge in [0.05, 0.1) is 5.69 Å². The number of aromatic nitrogens is 3. The summed E-state index contributed by atoms with van der Waals surface area (Å²) in [5.41, 5.74) is 11.9. The summed E-state index contributed by atoms with van der Waals surface area (Å²) in [5, 5.41) is 8.28. The van der Waals surface area contributed by atoms with Crippen molar-refractivity contribution in [3.8, 4) is 11.3 Å². The Morgan fingerprint density at radius 3 is 2.94 bits per heavy atom. The number of hydrogen-bond acceptors (Lipinski definition) is 2. The highest BCUT2D eigenvalue weighted by molar-refractivity contribution is 5.89. The molecular weight excluding hydrogens is 224 g/mol. The summed E-state index contributed by atoms with van der Waals surface area (Å²) in [6, 6.07) is 8.33. The molecule has 90 valence electrons. The average Bonchev–Trinajstić information content (AvgIpc) is 3.03. The molecule has 18 heavy (non-hydrogen) atoms. The topological polar surface area (TPSA) is 70.5 Å². The maximum Gasteiger partial charge on any atom is 0.145 e. The molecule has 4 heteroatoms. The molecule has 2 heterocycles. The number of aryl methyl sites for hydroxylation is 2. The van der Waals surface area contributed by atoms with Gasteiger partial charge in [0.2, 0.25) is 0 Å². The SMILES string of the molecule is Nc1cc(-c2ccc3[nH]c4c(c3c2)CCC4)[nH]n1. The number of anilines is 1. The Morgan fingerprint density at radius 1 is 1.17 bits per heavy atom. The van der Waals surface area contributed by atoms with E-state index in [0.717, 1.165) is 11.3 Å². The summed E-state index contributed by atoms with van der Waals surface area (Å²) in [6.07, 6.45) is 3.62. The van der Waals surface area contributed by atoms with E-state index < -0.39 is 0 Å². The van der Waals surface area contributed by atoms with Crippen LogP contribution in [0.4, 0.5) is 5.82 Å². The van der Waals surface area contributed by atoms with Crippen molar-refractivity contribution in [2.24, 2.45) is 0 Å². The second-order valence-electron chi connectivity index (χ2n) is 4.90. The monoisotopic (exact) mass is 238 g/mol. The Morgan fingerprint density at radius 2 is 2.11 bits per heavy atom. The standard InChI is InChI=1S/C14H14N4/c15-14-7-13(17-18-14)8-4-5-12-10(6-8)9-2-1-3-11(9)16-12/h4-7,16H,1-3H2,(H3,15,17,18). The number of benzene rings is 1. The Kier molecular flexibility index (Phi) is 1.84. The summed E-state index contributed by atoms with van der Waals surface area (Å²) in [6.45, 7) is 0. The van der Waals surface area contributed by atoms with Gasteiger partial charge in [-0.1, -0.05) is 6.07 Å². The molecule has 0 spiro atoms. The van der Waals surface area contributed by atoms with E-state index in [-0.39, 0.29) is 0 Å². The minimum absolute atomic E-state index is 0.532. The van der Waals surface area contributed by atoms with Crippen LogP contribution in [0.1, 0.15) is 17.7 Å². The first-order valence-corrected chi connectivity index (χ1v) is 6.26. The van der Waals surface area contributed by atoms with Crippen molar-refractivity contribution in [3.63, 3.8) is 0 Å². The molecule has 1 aliphatic carbocycles. The zero-order valence-corrected chi connectivity index (χ0v) is 9.96. The molecule has 0 fully saturated rings. The lowest BCUT2D eigenvalue weighted by Gasteiger charge is -1.99. The van der Waals surface area contributed by atoms with Crippen molar-refractivity contribution < 1.29 is 0 Å². The first-order chi connectivity index (χ1) is 8.81. The molecule has 0 radical (unpaired) electrons. The fourth-order valence-corrected chi connectivity index (χ4v) is 2.90. The highest BCUT2D eigenvalue weighted by atomic mass is 15.2. The van der Waals surface area contributed by atoms with Crippen LogP contribution in [0.15, 0.2) is 24.3 Å². The minimum Gasteiger partial charge on any atom is -0.382 e. The summed E-state index contributed by atoms with van der Waals surface area (Å²) in [7, 11) is 0. The highest BCUT2D eigenvalue weighted by Crippen LogP contribution is 2.32. The molecule has 4 rings (SSSR count). The molecule has 2 aromatic heterocycles. The van der Waals surface area contributed by atoms with Crippen molar-refractivity contribution in [1.82, 2.24) is 15.2 Å². The molecular formula is C14H14N4. The molecule has 4 N–H and O–H groups in total. The fourth-order valence-electron chi connectivity index (χ4n) is 2.90. The van der Waals surface area contributed by atoms with E-state index in [9.17, 15) is 0 Å². The lowest BCUT2D eigenvalue weighted by atomic mass is 10.1. The van der Waals surface area contributed by atoms with Crippen LogP contribution < -0.4 is 5.73 Å². The third-order valence-corrected chi connectivity index (χ3v) is 3.76. The second-order valence-corrected chi connectivity index (χ2v) is 4.90. The Bertz CT molecular complexity index is 735. The van der Waals surface area contributed by atoms with Crippen LogP contribution in [-0.2, 0) is 12.8 Å². The average molecular weight is 238 g/mol. The van der Waals surface area contributed by atoms with E-state index >= 15 is 0 Å². The van der Waals surface area contributed by atoms with Crippen LogP contribution in [0.3, 0.4) is 0 Å². The van der Waals surface area contributed by atoms with E-state index in [0.29, 0.717) is 5.82 Å². The number of rotatable bonds is 1. The molecule has 3 aromatic rings. The molecule has 4 nitrogen and oxygen atoms in total. The lowest BCUT2D eigenvalue weighted by molar-refractivity contribution is 0.899. The van der Waals surface area contributed by atoms with E-state index in [4.69, 9.17) is 5.73 Å². The van der Waals surface area contributed by atoms with Gasteiger partial charge in [0.1, 0.15) is 5.82 Å². The molecule has 0 atom stereocenters. The Labute approximate surface area is 104 Å². The van der Waals surface area contributed by atoms with Gasteiger partial charge in [0, 0.05) is 28.2 Å². The normalized spacial score (nSPS) is 14.2. The van der Waals surface area contributed by atoms with Gasteiger partial charge in [0.25, 0.3) is 0 Å². The molecule has 0 saturated carbocycles. The zero-order chi connectivity index (χ0) is 12.1. The van der Waals surface area contributed by atoms with Gasteiger partial charge in [-0.3, -0.25) is 5.10 Å². The molecule has 0 bridgehead atoms. The maximum absolute atomic E-state index is 5.65. The first kappa shape index (κ1) is 9.76. The predicted molar refractivity (Wildman–Crippen MR) is 72.3 cm³/mol. The predicted octanol–water partition coefficient (Wildman–Crippen LogP) is 2.63. The highest BCUT2D eigenvalue weighted by Gasteiger charge is 2.17. The van der Waals surface area contributed by atoms with E-state index in [1.807, 2.05) is 6.07 Å². The number of hydrogen-bond donors (Lipinski definition) is 3. The van der Waals surface area contributed by atoms with Gasteiger partial charge in [-0.25, -0.2) is 0 Å². The second kappa shape index (κ2) is 3.38. The van der Waals surface area contributed by atoms with Gasteiger partial charge in [-0.15, -0.1) is 0 Å². The first-order valence-electron chi connectivity index (χ1n) is 6.26. The molecule has 0 aliphatic heterocycles. The summed E-state index contributed by atoms with van der Waals surface area (Å²) in [5.74, 6) is 0.532. The van der Waals surface area contributed by atoms with Crippen LogP contribution >= 0.6 is 0 Å². The number of aromatic amines is 2. The number of fused-ring (bicyclic) bond motifs is 3. The third kappa shape index (κ3) is 1.29. The zero-order valence-electron chi connectivity index (χ0n) is 9.96. The molecule has 0 amide bonds. The van der Waals surface area contributed by atoms with Gasteiger partial charge in [-0.05, 0) is 37.0 Å². The molecule has 1 aliphatic rings. The van der Waals surface area contributed by atoms with Gasteiger partial charge < -0.3 is 10.7 Å². The number of nitrogen functional groups attached to an aromatic ring is 1. The van der Waals surface area contributed by atoms with Crippen molar-refractivity contribution >= 4 is 16.7 Å². The minimum atomic E-state index is 0.532. The number of nitrogens with two attached hydrogens (primary N) is 1. The maximum atomic E-state index is 5.65. The largest absolute Gasteiger partial charge is 0.382 e. The van der Waals surface area contributed by atoms with E-state index in [1.165, 1.54) is 41.4 Å². The number of nitrogens with one attached hydrogen (secondary N) is 2. The lowest BCUT2D eigenvalue weighted by Crippen LogP contribution is -1.81. The molecule has 0 unspecified atom stereocenters. The van der Waals surface area contributed by atoms with Gasteiger partial charge in [-0.2, -0.15) is 5.10 Å². The van der Waals surface area contributed by atoms with Gasteiger partial charge >= 0.3 is 0 Å². The van der Waals surface area contributed by atoms with Crippen LogP contribution in [0.5, 0.6) is 0 Å². The smallest absolute Gasteiger partial charge is 0.145 e. The van der Waals surface area contributed by atoms with E-state index in [2.05, 4.69) is 33.4 Å². The summed E-state index contributed by atoms with van der Waals surface area (Å²) >= 11 is 0. The van der Waals surface area contributed by atoms with E-state index in [1.54, 1.807) is 0 Å². The van der Waals surface area contributed by atoms with Crippen LogP contribution in [-0.4, -0.2) is 15.2 Å². The Hall–Kier alpha value is -2.23. The molecule has 0 saturated heterocycles. The van der Waals surface area contributed by atoms with Crippen molar-refractivity contribution in [3.05, 3.63) is 35.5 Å². The molecule has 1 aromatic carbocycles. The Balaban J connectivity index is 1.93. The van der Waals surface area contributed by atoms with Crippen LogP contribution in [0.2, 0.25) is 0 Å².